The number of ketones is 1. The molecule has 0 aliphatic rings. The van der Waals surface area contributed by atoms with Crippen LogP contribution >= 0.6 is 0 Å². The molecule has 0 heterocycles. The van der Waals surface area contributed by atoms with Crippen LogP contribution in [0.15, 0.2) is 24.3 Å². The van der Waals surface area contributed by atoms with Crippen LogP contribution in [0.1, 0.15) is 61.0 Å². The number of esters is 1. The minimum Gasteiger partial charge on any atom is -0.461 e. The molecule has 1 aromatic rings. The van der Waals surface area contributed by atoms with Gasteiger partial charge < -0.3 is 14.8 Å². The third-order valence-corrected chi connectivity index (χ3v) is 3.46. The van der Waals surface area contributed by atoms with E-state index < -0.39 is 0 Å². The summed E-state index contributed by atoms with van der Waals surface area (Å²) in [5, 5.41) is 3.31. The SMILES string of the molecule is CC(C)Nc1ccc(COC(=O)C(C)C)cc1.CC(C)OCC(=O)C(C)C. The Morgan fingerprint density at radius 2 is 1.44 bits per heavy atom. The van der Waals surface area contributed by atoms with E-state index in [4.69, 9.17) is 9.47 Å². The van der Waals surface area contributed by atoms with E-state index in [0.717, 1.165) is 11.3 Å². The lowest BCUT2D eigenvalue weighted by atomic mass is 10.1. The van der Waals surface area contributed by atoms with Gasteiger partial charge >= 0.3 is 5.97 Å². The van der Waals surface area contributed by atoms with Gasteiger partial charge in [0, 0.05) is 17.6 Å². The maximum atomic E-state index is 11.3. The first kappa shape index (κ1) is 25.1. The van der Waals surface area contributed by atoms with Gasteiger partial charge in [-0.25, -0.2) is 0 Å². The molecule has 0 atom stereocenters. The van der Waals surface area contributed by atoms with E-state index in [2.05, 4.69) is 19.2 Å². The van der Waals surface area contributed by atoms with Crippen LogP contribution in [0.25, 0.3) is 0 Å². The summed E-state index contributed by atoms with van der Waals surface area (Å²) in [5.74, 6) is 0.0405. The molecule has 27 heavy (non-hydrogen) atoms. The summed E-state index contributed by atoms with van der Waals surface area (Å²) in [6, 6.07) is 8.35. The van der Waals surface area contributed by atoms with Crippen LogP contribution in [-0.4, -0.2) is 30.5 Å². The van der Waals surface area contributed by atoms with Gasteiger partial charge in [0.1, 0.15) is 13.2 Å². The summed E-state index contributed by atoms with van der Waals surface area (Å²) >= 11 is 0. The molecule has 5 heteroatoms. The van der Waals surface area contributed by atoms with Gasteiger partial charge in [-0.05, 0) is 45.4 Å². The summed E-state index contributed by atoms with van der Waals surface area (Å²) in [6.45, 7) is 16.1. The van der Waals surface area contributed by atoms with Crippen LogP contribution in [0.2, 0.25) is 0 Å². The summed E-state index contributed by atoms with van der Waals surface area (Å²) in [6.07, 6.45) is 0.155. The Balaban J connectivity index is 0.000000580. The highest BCUT2D eigenvalue weighted by atomic mass is 16.5. The molecule has 1 aromatic carbocycles. The normalized spacial score (nSPS) is 10.8. The van der Waals surface area contributed by atoms with E-state index >= 15 is 0 Å². The van der Waals surface area contributed by atoms with Crippen molar-refractivity contribution in [1.82, 2.24) is 0 Å². The lowest BCUT2D eigenvalue weighted by molar-refractivity contribution is -0.148. The number of carbonyl (C=O) groups excluding carboxylic acids is 2. The van der Waals surface area contributed by atoms with E-state index in [-0.39, 0.29) is 36.3 Å². The number of carbonyl (C=O) groups is 2. The fourth-order valence-electron chi connectivity index (χ4n) is 1.77. The highest BCUT2D eigenvalue weighted by Crippen LogP contribution is 2.12. The zero-order valence-electron chi connectivity index (χ0n) is 18.2. The molecule has 0 amide bonds. The average molecular weight is 380 g/mol. The van der Waals surface area contributed by atoms with E-state index in [1.54, 1.807) is 0 Å². The number of nitrogens with one attached hydrogen (secondary N) is 1. The second-order valence-corrected chi connectivity index (χ2v) is 7.74. The Hall–Kier alpha value is -1.88. The standard InChI is InChI=1S/C14H21NO2.C8H16O2/c1-10(2)14(16)17-9-12-5-7-13(8-6-12)15-11(3)4;1-6(2)8(9)5-10-7(3)4/h5-8,10-11,15H,9H2,1-4H3;6-7H,5H2,1-4H3. The second-order valence-electron chi connectivity index (χ2n) is 7.74. The predicted molar refractivity (Wildman–Crippen MR) is 111 cm³/mol. The van der Waals surface area contributed by atoms with Crippen molar-refractivity contribution >= 4 is 17.4 Å². The first-order valence-electron chi connectivity index (χ1n) is 9.69. The van der Waals surface area contributed by atoms with Crippen molar-refractivity contribution in [1.29, 1.82) is 0 Å². The van der Waals surface area contributed by atoms with Gasteiger partial charge in [0.15, 0.2) is 5.78 Å². The van der Waals surface area contributed by atoms with E-state index in [1.165, 1.54) is 0 Å². The monoisotopic (exact) mass is 379 g/mol. The molecule has 0 spiro atoms. The van der Waals surface area contributed by atoms with Gasteiger partial charge in [0.05, 0.1) is 12.0 Å². The van der Waals surface area contributed by atoms with Crippen molar-refractivity contribution in [3.05, 3.63) is 29.8 Å². The fraction of sp³-hybridized carbons (Fsp3) is 0.636. The maximum absolute atomic E-state index is 11.3. The first-order valence-corrected chi connectivity index (χ1v) is 9.69. The van der Waals surface area contributed by atoms with Gasteiger partial charge in [0.25, 0.3) is 0 Å². The molecule has 0 saturated heterocycles. The molecule has 5 nitrogen and oxygen atoms in total. The van der Waals surface area contributed by atoms with Crippen LogP contribution in [0.4, 0.5) is 5.69 Å². The van der Waals surface area contributed by atoms with Gasteiger partial charge in [-0.15, -0.1) is 0 Å². The molecule has 0 bridgehead atoms. The highest BCUT2D eigenvalue weighted by molar-refractivity contribution is 5.81. The molecule has 0 saturated carbocycles. The topological polar surface area (TPSA) is 64.6 Å². The number of anilines is 1. The molecule has 0 fully saturated rings. The van der Waals surface area contributed by atoms with Gasteiger partial charge in [-0.2, -0.15) is 0 Å². The number of rotatable bonds is 9. The molecular formula is C22H37NO4. The second kappa shape index (κ2) is 13.3. The quantitative estimate of drug-likeness (QED) is 0.622. The van der Waals surface area contributed by atoms with Crippen molar-refractivity contribution < 1.29 is 19.1 Å². The van der Waals surface area contributed by atoms with Crippen LogP contribution in [0.5, 0.6) is 0 Å². The van der Waals surface area contributed by atoms with Crippen molar-refractivity contribution in [2.45, 2.75) is 74.1 Å². The number of ether oxygens (including phenoxy) is 2. The highest BCUT2D eigenvalue weighted by Gasteiger charge is 2.08. The lowest BCUT2D eigenvalue weighted by Gasteiger charge is -2.11. The smallest absolute Gasteiger partial charge is 0.308 e. The molecule has 0 aliphatic carbocycles. The zero-order valence-corrected chi connectivity index (χ0v) is 18.2. The van der Waals surface area contributed by atoms with Crippen molar-refractivity contribution in [3.8, 4) is 0 Å². The number of benzene rings is 1. The number of hydrogen-bond donors (Lipinski definition) is 1. The first-order chi connectivity index (χ1) is 12.5. The third-order valence-electron chi connectivity index (χ3n) is 3.46. The van der Waals surface area contributed by atoms with Crippen LogP contribution in [0, 0.1) is 11.8 Å². The van der Waals surface area contributed by atoms with Gasteiger partial charge in [-0.3, -0.25) is 9.59 Å². The molecule has 154 valence electrons. The zero-order chi connectivity index (χ0) is 21.0. The van der Waals surface area contributed by atoms with Crippen LogP contribution in [-0.2, 0) is 25.7 Å². The Morgan fingerprint density at radius 3 is 1.85 bits per heavy atom. The van der Waals surface area contributed by atoms with Crippen molar-refractivity contribution in [2.75, 3.05) is 11.9 Å². The molecule has 0 unspecified atom stereocenters. The summed E-state index contributed by atoms with van der Waals surface area (Å²) in [7, 11) is 0. The van der Waals surface area contributed by atoms with E-state index in [0.29, 0.717) is 12.6 Å². The minimum atomic E-state index is -0.158. The van der Waals surface area contributed by atoms with Crippen molar-refractivity contribution in [3.63, 3.8) is 0 Å². The Bertz CT molecular complexity index is 548. The summed E-state index contributed by atoms with van der Waals surface area (Å²) in [5.41, 5.74) is 2.09. The molecule has 1 N–H and O–H groups in total. The Kier molecular flexibility index (Phi) is 12.4. The van der Waals surface area contributed by atoms with Gasteiger partial charge in [0.2, 0.25) is 0 Å². The van der Waals surface area contributed by atoms with Crippen LogP contribution < -0.4 is 5.32 Å². The average Bonchev–Trinajstić information content (AvgIpc) is 2.58. The molecule has 0 aliphatic heterocycles. The molecule has 0 radical (unpaired) electrons. The molecular weight excluding hydrogens is 342 g/mol. The Morgan fingerprint density at radius 1 is 0.889 bits per heavy atom. The maximum Gasteiger partial charge on any atom is 0.308 e. The third kappa shape index (κ3) is 13.0. The molecule has 1 rings (SSSR count). The summed E-state index contributed by atoms with van der Waals surface area (Å²) < 4.78 is 10.3. The molecule has 0 aromatic heterocycles. The number of hydrogen-bond acceptors (Lipinski definition) is 5. The van der Waals surface area contributed by atoms with Crippen molar-refractivity contribution in [2.24, 2.45) is 11.8 Å². The largest absolute Gasteiger partial charge is 0.461 e. The summed E-state index contributed by atoms with van der Waals surface area (Å²) in [4.78, 5) is 22.2. The minimum absolute atomic E-state index is 0.0723. The Labute approximate surface area is 164 Å². The lowest BCUT2D eigenvalue weighted by Crippen LogP contribution is -2.17. The van der Waals surface area contributed by atoms with E-state index in [1.807, 2.05) is 65.8 Å². The van der Waals surface area contributed by atoms with E-state index in [9.17, 15) is 9.59 Å². The fourth-order valence-corrected chi connectivity index (χ4v) is 1.77. The van der Waals surface area contributed by atoms with Gasteiger partial charge in [-0.1, -0.05) is 39.8 Å². The number of Topliss-reactive ketones (excluding diaryl/α,β-unsaturated/α-hetero) is 1. The van der Waals surface area contributed by atoms with Crippen LogP contribution in [0.3, 0.4) is 0 Å². The predicted octanol–water partition coefficient (Wildman–Crippen LogP) is 4.84.